The normalized spacial score (nSPS) is 10.4. The molecule has 5 nitrogen and oxygen atoms in total. The van der Waals surface area contributed by atoms with Gasteiger partial charge < -0.3 is 14.7 Å². The van der Waals surface area contributed by atoms with Crippen molar-refractivity contribution in [2.45, 2.75) is 13.5 Å². The van der Waals surface area contributed by atoms with Crippen molar-refractivity contribution in [2.24, 2.45) is 5.16 Å². The van der Waals surface area contributed by atoms with Crippen LogP contribution in [-0.4, -0.2) is 18.0 Å². The van der Waals surface area contributed by atoms with Gasteiger partial charge in [-0.15, -0.1) is 0 Å². The van der Waals surface area contributed by atoms with E-state index in [-0.39, 0.29) is 6.61 Å². The molecule has 0 saturated carbocycles. The van der Waals surface area contributed by atoms with Crippen LogP contribution in [0.2, 0.25) is 0 Å². The van der Waals surface area contributed by atoms with Crippen molar-refractivity contribution >= 4 is 6.21 Å². The highest BCUT2D eigenvalue weighted by Crippen LogP contribution is 2.29. The fourth-order valence-corrected chi connectivity index (χ4v) is 1.97. The van der Waals surface area contributed by atoms with Crippen LogP contribution in [0.5, 0.6) is 11.5 Å². The van der Waals surface area contributed by atoms with Crippen LogP contribution in [0.3, 0.4) is 0 Å². The molecule has 0 amide bonds. The highest BCUT2D eigenvalue weighted by atomic mass is 16.5. The summed E-state index contributed by atoms with van der Waals surface area (Å²) in [6, 6.07) is 14.7. The van der Waals surface area contributed by atoms with Gasteiger partial charge in [0.2, 0.25) is 0 Å². The smallest absolute Gasteiger partial charge is 0.161 e. The van der Waals surface area contributed by atoms with Crippen LogP contribution in [0.1, 0.15) is 23.6 Å². The topological polar surface area (TPSA) is 74.8 Å². The molecule has 0 saturated heterocycles. The Bertz CT molecular complexity index is 705. The molecule has 5 heteroatoms. The van der Waals surface area contributed by atoms with Crippen LogP contribution in [0.4, 0.5) is 0 Å². The largest absolute Gasteiger partial charge is 0.490 e. The Labute approximate surface area is 129 Å². The van der Waals surface area contributed by atoms with Crippen molar-refractivity contribution in [3.05, 3.63) is 59.2 Å². The van der Waals surface area contributed by atoms with Gasteiger partial charge in [0, 0.05) is 11.1 Å². The van der Waals surface area contributed by atoms with E-state index in [1.165, 1.54) is 6.21 Å². The van der Waals surface area contributed by atoms with Gasteiger partial charge in [0.25, 0.3) is 0 Å². The van der Waals surface area contributed by atoms with Gasteiger partial charge in [-0.2, -0.15) is 5.26 Å². The Hall–Kier alpha value is -3.00. The van der Waals surface area contributed by atoms with E-state index in [1.54, 1.807) is 24.3 Å². The second-order valence-corrected chi connectivity index (χ2v) is 4.44. The van der Waals surface area contributed by atoms with E-state index in [2.05, 4.69) is 11.2 Å². The van der Waals surface area contributed by atoms with Crippen LogP contribution in [0, 0.1) is 11.3 Å². The lowest BCUT2D eigenvalue weighted by atomic mass is 10.1. The third-order valence-electron chi connectivity index (χ3n) is 3.00. The van der Waals surface area contributed by atoms with Crippen LogP contribution >= 0.6 is 0 Å². The summed E-state index contributed by atoms with van der Waals surface area (Å²) in [5.74, 6) is 1.14. The Morgan fingerprint density at radius 3 is 2.73 bits per heavy atom. The van der Waals surface area contributed by atoms with Gasteiger partial charge in [-0.05, 0) is 31.2 Å². The summed E-state index contributed by atoms with van der Waals surface area (Å²) in [6.07, 6.45) is 1.32. The minimum absolute atomic E-state index is 0.275. The molecule has 0 bridgehead atoms. The zero-order chi connectivity index (χ0) is 15.8. The summed E-state index contributed by atoms with van der Waals surface area (Å²) in [4.78, 5) is 0. The molecule has 0 aromatic heterocycles. The van der Waals surface area contributed by atoms with Gasteiger partial charge in [0.15, 0.2) is 11.5 Å². The summed E-state index contributed by atoms with van der Waals surface area (Å²) >= 11 is 0. The Kier molecular flexibility index (Phi) is 5.38. The van der Waals surface area contributed by atoms with Gasteiger partial charge in [-0.25, -0.2) is 0 Å². The van der Waals surface area contributed by atoms with Gasteiger partial charge in [0.05, 0.1) is 24.5 Å². The van der Waals surface area contributed by atoms with Crippen LogP contribution in [-0.2, 0) is 6.61 Å². The van der Waals surface area contributed by atoms with E-state index in [0.717, 1.165) is 5.56 Å². The minimum Gasteiger partial charge on any atom is -0.490 e. The molecular formula is C17H16N2O3. The molecule has 0 heterocycles. The van der Waals surface area contributed by atoms with Gasteiger partial charge in [-0.3, -0.25) is 0 Å². The van der Waals surface area contributed by atoms with Crippen molar-refractivity contribution in [3.8, 4) is 17.6 Å². The second-order valence-electron chi connectivity index (χ2n) is 4.44. The maximum Gasteiger partial charge on any atom is 0.161 e. The standard InChI is InChI=1S/C17H16N2O3/c1-2-21-17-9-13(11-19-20)7-8-16(17)22-12-15-6-4-3-5-14(15)10-18/h3-9,11,20H,2,12H2,1H3/b19-11-. The zero-order valence-electron chi connectivity index (χ0n) is 12.2. The molecule has 1 N–H and O–H groups in total. The molecule has 22 heavy (non-hydrogen) atoms. The molecular weight excluding hydrogens is 280 g/mol. The summed E-state index contributed by atoms with van der Waals surface area (Å²) in [5.41, 5.74) is 2.11. The zero-order valence-corrected chi connectivity index (χ0v) is 12.2. The van der Waals surface area contributed by atoms with Gasteiger partial charge in [-0.1, -0.05) is 23.4 Å². The maximum absolute atomic E-state index is 9.08. The number of benzene rings is 2. The van der Waals surface area contributed by atoms with Crippen molar-refractivity contribution in [1.82, 2.24) is 0 Å². The average Bonchev–Trinajstić information content (AvgIpc) is 2.55. The van der Waals surface area contributed by atoms with Crippen molar-refractivity contribution in [3.63, 3.8) is 0 Å². The molecule has 0 aliphatic rings. The highest BCUT2D eigenvalue weighted by Gasteiger charge is 2.08. The second kappa shape index (κ2) is 7.70. The molecule has 0 aliphatic carbocycles. The number of rotatable bonds is 6. The first-order valence-electron chi connectivity index (χ1n) is 6.83. The lowest BCUT2D eigenvalue weighted by molar-refractivity contribution is 0.269. The molecule has 0 fully saturated rings. The Morgan fingerprint density at radius 2 is 2.00 bits per heavy atom. The molecule has 0 spiro atoms. The third-order valence-corrected chi connectivity index (χ3v) is 3.00. The van der Waals surface area contributed by atoms with E-state index >= 15 is 0 Å². The molecule has 112 valence electrons. The Morgan fingerprint density at radius 1 is 1.18 bits per heavy atom. The van der Waals surface area contributed by atoms with Crippen LogP contribution in [0.25, 0.3) is 0 Å². The predicted octanol–water partition coefficient (Wildman–Crippen LogP) is 3.34. The van der Waals surface area contributed by atoms with Gasteiger partial charge in [0.1, 0.15) is 6.61 Å². The minimum atomic E-state index is 0.275. The summed E-state index contributed by atoms with van der Waals surface area (Å²) in [7, 11) is 0. The number of hydrogen-bond acceptors (Lipinski definition) is 5. The average molecular weight is 296 g/mol. The number of oxime groups is 1. The molecule has 0 atom stereocenters. The quantitative estimate of drug-likeness (QED) is 0.504. The van der Waals surface area contributed by atoms with E-state index < -0.39 is 0 Å². The van der Waals surface area contributed by atoms with E-state index in [9.17, 15) is 0 Å². The maximum atomic E-state index is 9.08. The summed E-state index contributed by atoms with van der Waals surface area (Å²) < 4.78 is 11.3. The van der Waals surface area contributed by atoms with Crippen molar-refractivity contribution in [1.29, 1.82) is 5.26 Å². The predicted molar refractivity (Wildman–Crippen MR) is 82.5 cm³/mol. The van der Waals surface area contributed by atoms with Crippen LogP contribution in [0.15, 0.2) is 47.6 Å². The highest BCUT2D eigenvalue weighted by molar-refractivity contribution is 5.80. The number of nitriles is 1. The molecule has 2 aromatic rings. The molecule has 2 aromatic carbocycles. The summed E-state index contributed by atoms with van der Waals surface area (Å²) in [6.45, 7) is 2.64. The summed E-state index contributed by atoms with van der Waals surface area (Å²) in [5, 5.41) is 20.7. The first-order chi connectivity index (χ1) is 10.8. The third kappa shape index (κ3) is 3.76. The SMILES string of the molecule is CCOc1cc(/C=N\O)ccc1OCc1ccccc1C#N. The van der Waals surface area contributed by atoms with E-state index in [0.29, 0.717) is 29.2 Å². The first kappa shape index (κ1) is 15.4. The monoisotopic (exact) mass is 296 g/mol. The molecule has 0 aliphatic heterocycles. The Balaban J connectivity index is 2.20. The number of hydrogen-bond donors (Lipinski definition) is 1. The van der Waals surface area contributed by atoms with Crippen molar-refractivity contribution in [2.75, 3.05) is 6.61 Å². The lowest BCUT2D eigenvalue weighted by Crippen LogP contribution is -2.01. The fourth-order valence-electron chi connectivity index (χ4n) is 1.97. The fraction of sp³-hybridized carbons (Fsp3) is 0.176. The molecule has 0 radical (unpaired) electrons. The number of ether oxygens (including phenoxy) is 2. The van der Waals surface area contributed by atoms with Gasteiger partial charge >= 0.3 is 0 Å². The van der Waals surface area contributed by atoms with E-state index in [4.69, 9.17) is 19.9 Å². The number of nitrogens with zero attached hydrogens (tertiary/aromatic N) is 2. The van der Waals surface area contributed by atoms with E-state index in [1.807, 2.05) is 25.1 Å². The van der Waals surface area contributed by atoms with Crippen LogP contribution < -0.4 is 9.47 Å². The molecule has 2 rings (SSSR count). The lowest BCUT2D eigenvalue weighted by Gasteiger charge is -2.13. The first-order valence-corrected chi connectivity index (χ1v) is 6.83. The van der Waals surface area contributed by atoms with Crippen molar-refractivity contribution < 1.29 is 14.7 Å². The molecule has 0 unspecified atom stereocenters.